The van der Waals surface area contributed by atoms with E-state index < -0.39 is 5.97 Å². The SMILES string of the molecule is CC(C)=CC(=O)OCC(=O)N[C@H](C)c1cccc(Cl)c1. The number of amides is 1. The molecular formula is C15H18ClNO3. The quantitative estimate of drug-likeness (QED) is 0.671. The Morgan fingerprint density at radius 1 is 1.40 bits per heavy atom. The average molecular weight is 296 g/mol. The molecule has 0 aliphatic heterocycles. The van der Waals surface area contributed by atoms with Crippen molar-refractivity contribution < 1.29 is 14.3 Å². The van der Waals surface area contributed by atoms with Crippen molar-refractivity contribution in [1.29, 1.82) is 0 Å². The van der Waals surface area contributed by atoms with Crippen LogP contribution < -0.4 is 5.32 Å². The van der Waals surface area contributed by atoms with E-state index in [-0.39, 0.29) is 18.6 Å². The van der Waals surface area contributed by atoms with Gasteiger partial charge < -0.3 is 10.1 Å². The number of halogens is 1. The largest absolute Gasteiger partial charge is 0.452 e. The van der Waals surface area contributed by atoms with Gasteiger partial charge in [0.2, 0.25) is 0 Å². The molecule has 1 aromatic carbocycles. The zero-order chi connectivity index (χ0) is 15.1. The first-order valence-corrected chi connectivity index (χ1v) is 6.62. The van der Waals surface area contributed by atoms with E-state index in [1.165, 1.54) is 6.08 Å². The van der Waals surface area contributed by atoms with Gasteiger partial charge in [0.1, 0.15) is 0 Å². The summed E-state index contributed by atoms with van der Waals surface area (Å²) in [5, 5.41) is 3.35. The number of esters is 1. The summed E-state index contributed by atoms with van der Waals surface area (Å²) in [7, 11) is 0. The smallest absolute Gasteiger partial charge is 0.331 e. The Hall–Kier alpha value is -1.81. The highest BCUT2D eigenvalue weighted by Gasteiger charge is 2.11. The van der Waals surface area contributed by atoms with Crippen LogP contribution in [0.2, 0.25) is 5.02 Å². The molecule has 108 valence electrons. The minimum absolute atomic E-state index is 0.205. The lowest BCUT2D eigenvalue weighted by Gasteiger charge is -2.14. The summed E-state index contributed by atoms with van der Waals surface area (Å²) in [5.74, 6) is -0.872. The molecule has 1 amide bonds. The molecule has 0 saturated heterocycles. The molecular weight excluding hydrogens is 278 g/mol. The topological polar surface area (TPSA) is 55.4 Å². The molecule has 4 nitrogen and oxygen atoms in total. The highest BCUT2D eigenvalue weighted by Crippen LogP contribution is 2.17. The first-order valence-electron chi connectivity index (χ1n) is 6.25. The van der Waals surface area contributed by atoms with Gasteiger partial charge in [0.05, 0.1) is 6.04 Å². The minimum Gasteiger partial charge on any atom is -0.452 e. The van der Waals surface area contributed by atoms with Gasteiger partial charge in [0.15, 0.2) is 6.61 Å². The summed E-state index contributed by atoms with van der Waals surface area (Å²) in [5.41, 5.74) is 1.71. The van der Waals surface area contributed by atoms with Crippen molar-refractivity contribution in [1.82, 2.24) is 5.32 Å². The first kappa shape index (κ1) is 16.2. The van der Waals surface area contributed by atoms with Crippen molar-refractivity contribution in [3.63, 3.8) is 0 Å². The van der Waals surface area contributed by atoms with Gasteiger partial charge in [-0.25, -0.2) is 4.79 Å². The van der Waals surface area contributed by atoms with Crippen LogP contribution in [0.25, 0.3) is 0 Å². The Morgan fingerprint density at radius 2 is 2.10 bits per heavy atom. The van der Waals surface area contributed by atoms with Crippen molar-refractivity contribution in [3.8, 4) is 0 Å². The number of hydrogen-bond donors (Lipinski definition) is 1. The fraction of sp³-hybridized carbons (Fsp3) is 0.333. The molecule has 0 fully saturated rings. The number of ether oxygens (including phenoxy) is 1. The summed E-state index contributed by atoms with van der Waals surface area (Å²) >= 11 is 5.89. The number of hydrogen-bond acceptors (Lipinski definition) is 3. The molecule has 0 bridgehead atoms. The van der Waals surface area contributed by atoms with Crippen LogP contribution >= 0.6 is 11.6 Å². The third-order valence-electron chi connectivity index (χ3n) is 2.48. The van der Waals surface area contributed by atoms with Crippen molar-refractivity contribution in [2.45, 2.75) is 26.8 Å². The highest BCUT2D eigenvalue weighted by atomic mass is 35.5. The van der Waals surface area contributed by atoms with Crippen molar-refractivity contribution in [2.24, 2.45) is 0 Å². The molecule has 0 saturated carbocycles. The summed E-state index contributed by atoms with van der Waals surface area (Å²) < 4.78 is 4.82. The second-order valence-electron chi connectivity index (χ2n) is 4.67. The van der Waals surface area contributed by atoms with Gasteiger partial charge in [-0.05, 0) is 38.5 Å². The predicted octanol–water partition coefficient (Wildman–Crippen LogP) is 3.03. The number of allylic oxidation sites excluding steroid dienone is 1. The van der Waals surface area contributed by atoms with Gasteiger partial charge in [-0.1, -0.05) is 29.3 Å². The van der Waals surface area contributed by atoms with Crippen molar-refractivity contribution in [2.75, 3.05) is 6.61 Å². The molecule has 1 aromatic rings. The molecule has 0 aromatic heterocycles. The Morgan fingerprint density at radius 3 is 2.70 bits per heavy atom. The van der Waals surface area contributed by atoms with E-state index >= 15 is 0 Å². The maximum absolute atomic E-state index is 11.7. The van der Waals surface area contributed by atoms with Crippen molar-refractivity contribution in [3.05, 3.63) is 46.5 Å². The van der Waals surface area contributed by atoms with E-state index in [2.05, 4.69) is 5.32 Å². The Bertz CT molecular complexity index is 522. The molecule has 20 heavy (non-hydrogen) atoms. The summed E-state index contributed by atoms with van der Waals surface area (Å²) in [6.45, 7) is 5.10. The van der Waals surface area contributed by atoms with E-state index in [0.29, 0.717) is 5.02 Å². The monoisotopic (exact) mass is 295 g/mol. The van der Waals surface area contributed by atoms with E-state index in [0.717, 1.165) is 11.1 Å². The third-order valence-corrected chi connectivity index (χ3v) is 2.71. The van der Waals surface area contributed by atoms with Gasteiger partial charge in [-0.2, -0.15) is 0 Å². The fourth-order valence-corrected chi connectivity index (χ4v) is 1.76. The lowest BCUT2D eigenvalue weighted by molar-refractivity contribution is -0.144. The molecule has 1 rings (SSSR count). The van der Waals surface area contributed by atoms with Crippen LogP contribution in [0.3, 0.4) is 0 Å². The number of rotatable bonds is 5. The van der Waals surface area contributed by atoms with E-state index in [1.807, 2.05) is 19.1 Å². The number of carbonyl (C=O) groups excluding carboxylic acids is 2. The molecule has 0 heterocycles. The van der Waals surface area contributed by atoms with Gasteiger partial charge in [-0.3, -0.25) is 4.79 Å². The standard InChI is InChI=1S/C15H18ClNO3/c1-10(2)7-15(19)20-9-14(18)17-11(3)12-5-4-6-13(16)8-12/h4-8,11H,9H2,1-3H3,(H,17,18)/t11-/m1/s1. The molecule has 0 aliphatic rings. The van der Waals surface area contributed by atoms with Crippen LogP contribution in [-0.4, -0.2) is 18.5 Å². The molecule has 0 spiro atoms. The molecule has 0 aliphatic carbocycles. The molecule has 0 unspecified atom stereocenters. The van der Waals surface area contributed by atoms with Gasteiger partial charge in [0.25, 0.3) is 5.91 Å². The van der Waals surface area contributed by atoms with Crippen LogP contribution in [0.5, 0.6) is 0 Å². The number of benzene rings is 1. The normalized spacial score (nSPS) is 11.4. The predicted molar refractivity (Wildman–Crippen MR) is 78.4 cm³/mol. The maximum atomic E-state index is 11.7. The van der Waals surface area contributed by atoms with Crippen molar-refractivity contribution >= 4 is 23.5 Å². The fourth-order valence-electron chi connectivity index (χ4n) is 1.56. The van der Waals surface area contributed by atoms with Gasteiger partial charge in [-0.15, -0.1) is 0 Å². The summed E-state index contributed by atoms with van der Waals surface area (Å²) in [4.78, 5) is 22.9. The number of carbonyl (C=O) groups is 2. The zero-order valence-electron chi connectivity index (χ0n) is 11.8. The minimum atomic E-state index is -0.518. The molecule has 5 heteroatoms. The van der Waals surface area contributed by atoms with E-state index in [4.69, 9.17) is 16.3 Å². The Balaban J connectivity index is 2.46. The molecule has 0 radical (unpaired) electrons. The summed E-state index contributed by atoms with van der Waals surface area (Å²) in [6.07, 6.45) is 1.34. The van der Waals surface area contributed by atoms with Crippen LogP contribution in [0.4, 0.5) is 0 Å². The third kappa shape index (κ3) is 5.89. The zero-order valence-corrected chi connectivity index (χ0v) is 12.5. The first-order chi connectivity index (χ1) is 9.38. The van der Waals surface area contributed by atoms with Crippen LogP contribution in [-0.2, 0) is 14.3 Å². The van der Waals surface area contributed by atoms with E-state index in [1.54, 1.807) is 26.0 Å². The van der Waals surface area contributed by atoms with Gasteiger partial charge in [0, 0.05) is 11.1 Å². The molecule has 1 N–H and O–H groups in total. The second-order valence-corrected chi connectivity index (χ2v) is 5.11. The average Bonchev–Trinajstić information content (AvgIpc) is 2.35. The highest BCUT2D eigenvalue weighted by molar-refractivity contribution is 6.30. The van der Waals surface area contributed by atoms with Crippen LogP contribution in [0.15, 0.2) is 35.9 Å². The van der Waals surface area contributed by atoms with E-state index in [9.17, 15) is 9.59 Å². The maximum Gasteiger partial charge on any atom is 0.331 e. The van der Waals surface area contributed by atoms with Crippen LogP contribution in [0.1, 0.15) is 32.4 Å². The Kier molecular flexibility index (Phi) is 6.25. The van der Waals surface area contributed by atoms with Crippen LogP contribution in [0, 0.1) is 0 Å². The summed E-state index contributed by atoms with van der Waals surface area (Å²) in [6, 6.07) is 7.02. The molecule has 1 atom stereocenters. The lowest BCUT2D eigenvalue weighted by Crippen LogP contribution is -2.30. The second kappa shape index (κ2) is 7.70. The van der Waals surface area contributed by atoms with Gasteiger partial charge >= 0.3 is 5.97 Å². The Labute approximate surface area is 123 Å². The number of nitrogens with one attached hydrogen (secondary N) is 1. The lowest BCUT2D eigenvalue weighted by atomic mass is 10.1.